The number of benzene rings is 3. The predicted octanol–water partition coefficient (Wildman–Crippen LogP) is 6.31. The lowest BCUT2D eigenvalue weighted by Crippen LogP contribution is -2.22. The highest BCUT2D eigenvalue weighted by atomic mass is 35.5. The first-order valence-corrected chi connectivity index (χ1v) is 10.7. The van der Waals surface area contributed by atoms with Crippen molar-refractivity contribution in [1.29, 1.82) is 0 Å². The van der Waals surface area contributed by atoms with Gasteiger partial charge in [0.15, 0.2) is 12.4 Å². The van der Waals surface area contributed by atoms with Crippen molar-refractivity contribution < 1.29 is 18.7 Å². The van der Waals surface area contributed by atoms with Crippen molar-refractivity contribution >= 4 is 40.1 Å². The number of rotatable bonds is 6. The van der Waals surface area contributed by atoms with Gasteiger partial charge in [-0.2, -0.15) is 0 Å². The number of carbonyl (C=O) groups excluding carboxylic acids is 1. The van der Waals surface area contributed by atoms with Crippen LogP contribution in [-0.2, 0) is 11.2 Å². The number of fused-ring (bicyclic) bond motifs is 1. The second-order valence-corrected chi connectivity index (χ2v) is 7.82. The van der Waals surface area contributed by atoms with Gasteiger partial charge in [-0.1, -0.05) is 66.5 Å². The molecule has 32 heavy (non-hydrogen) atoms. The summed E-state index contributed by atoms with van der Waals surface area (Å²) in [7, 11) is 0. The van der Waals surface area contributed by atoms with Crippen molar-refractivity contribution in [3.8, 4) is 22.8 Å². The Kier molecular flexibility index (Phi) is 6.49. The molecule has 162 valence electrons. The Balaban J connectivity index is 1.70. The first-order chi connectivity index (χ1) is 15.5. The topological polar surface area (TPSA) is 65.7 Å². The molecule has 0 amide bonds. The van der Waals surface area contributed by atoms with E-state index in [2.05, 4.69) is 0 Å². The largest absolute Gasteiger partial charge is 0.480 e. The lowest BCUT2D eigenvalue weighted by Gasteiger charge is -2.12. The van der Waals surface area contributed by atoms with Crippen LogP contribution in [0.15, 0.2) is 75.9 Å². The van der Waals surface area contributed by atoms with Gasteiger partial charge in [0.2, 0.25) is 11.2 Å². The number of aryl methyl sites for hydroxylation is 1. The highest BCUT2D eigenvalue weighted by molar-refractivity contribution is 6.35. The molecule has 0 aliphatic heterocycles. The van der Waals surface area contributed by atoms with E-state index in [1.807, 2.05) is 19.1 Å². The van der Waals surface area contributed by atoms with E-state index in [4.69, 9.17) is 37.1 Å². The minimum absolute atomic E-state index is 0.172. The Hall–Kier alpha value is -3.28. The Bertz CT molecular complexity index is 1350. The molecule has 0 saturated carbocycles. The summed E-state index contributed by atoms with van der Waals surface area (Å²) in [6.45, 7) is 1.53. The summed E-state index contributed by atoms with van der Waals surface area (Å²) < 4.78 is 16.9. The molecule has 0 aliphatic carbocycles. The Morgan fingerprint density at radius 2 is 1.78 bits per heavy atom. The summed E-state index contributed by atoms with van der Waals surface area (Å²) in [5, 5.41) is 1.04. The van der Waals surface area contributed by atoms with Crippen LogP contribution in [-0.4, -0.2) is 12.6 Å². The summed E-state index contributed by atoms with van der Waals surface area (Å²) in [6.07, 6.45) is 0.751. The van der Waals surface area contributed by atoms with Gasteiger partial charge in [0.05, 0.1) is 10.4 Å². The molecule has 0 radical (unpaired) electrons. The molecular weight excluding hydrogens is 451 g/mol. The second kappa shape index (κ2) is 9.47. The second-order valence-electron chi connectivity index (χ2n) is 6.98. The van der Waals surface area contributed by atoms with Crippen LogP contribution in [0.3, 0.4) is 0 Å². The molecule has 7 heteroatoms. The molecule has 0 bridgehead atoms. The van der Waals surface area contributed by atoms with E-state index in [9.17, 15) is 9.59 Å². The van der Waals surface area contributed by atoms with Crippen molar-refractivity contribution in [3.05, 3.63) is 92.6 Å². The monoisotopic (exact) mass is 468 g/mol. The van der Waals surface area contributed by atoms with E-state index in [1.165, 1.54) is 6.07 Å². The van der Waals surface area contributed by atoms with Crippen LogP contribution >= 0.6 is 23.2 Å². The van der Waals surface area contributed by atoms with E-state index in [-0.39, 0.29) is 22.3 Å². The van der Waals surface area contributed by atoms with Crippen LogP contribution in [0.5, 0.6) is 11.5 Å². The summed E-state index contributed by atoms with van der Waals surface area (Å²) >= 11 is 11.9. The molecule has 4 rings (SSSR count). The number of hydrogen-bond acceptors (Lipinski definition) is 5. The fraction of sp³-hybridized carbons (Fsp3) is 0.120. The molecule has 0 fully saturated rings. The van der Waals surface area contributed by atoms with Crippen LogP contribution in [0, 0.1) is 0 Å². The molecule has 0 N–H and O–H groups in total. The Labute approximate surface area is 194 Å². The molecule has 0 saturated heterocycles. The number of ether oxygens (including phenoxy) is 2. The van der Waals surface area contributed by atoms with Gasteiger partial charge < -0.3 is 13.9 Å². The van der Waals surface area contributed by atoms with E-state index in [0.717, 1.165) is 12.0 Å². The molecule has 3 aromatic carbocycles. The first-order valence-electron chi connectivity index (χ1n) is 9.90. The zero-order valence-corrected chi connectivity index (χ0v) is 18.6. The lowest BCUT2D eigenvalue weighted by atomic mass is 10.1. The lowest BCUT2D eigenvalue weighted by molar-refractivity contribution is -0.136. The normalized spacial score (nSPS) is 10.8. The maximum Gasteiger partial charge on any atom is 0.349 e. The number of esters is 1. The standard InChI is InChI=1S/C25H18Cl2O5/c1-2-15-8-10-20-18(12-15)23(29)25(24(31-20)16-6-4-3-5-7-16)32-22(28)14-30-21-11-9-17(26)13-19(21)27/h3-13H,2,14H2,1H3. The van der Waals surface area contributed by atoms with Crippen molar-refractivity contribution in [2.24, 2.45) is 0 Å². The van der Waals surface area contributed by atoms with Gasteiger partial charge in [0, 0.05) is 10.6 Å². The minimum atomic E-state index is -0.772. The van der Waals surface area contributed by atoms with Gasteiger partial charge >= 0.3 is 5.97 Å². The SMILES string of the molecule is CCc1ccc2oc(-c3ccccc3)c(OC(=O)COc3ccc(Cl)cc3Cl)c(=O)c2c1. The van der Waals surface area contributed by atoms with Crippen molar-refractivity contribution in [1.82, 2.24) is 0 Å². The van der Waals surface area contributed by atoms with Crippen molar-refractivity contribution in [2.75, 3.05) is 6.61 Å². The van der Waals surface area contributed by atoms with Crippen LogP contribution < -0.4 is 14.9 Å². The fourth-order valence-corrected chi connectivity index (χ4v) is 3.65. The van der Waals surface area contributed by atoms with Crippen LogP contribution in [0.25, 0.3) is 22.3 Å². The quantitative estimate of drug-likeness (QED) is 0.310. The molecule has 0 unspecified atom stereocenters. The smallest absolute Gasteiger partial charge is 0.349 e. The highest BCUT2D eigenvalue weighted by Crippen LogP contribution is 2.32. The summed E-state index contributed by atoms with van der Waals surface area (Å²) in [4.78, 5) is 25.8. The molecular formula is C25H18Cl2O5. The van der Waals surface area contributed by atoms with Gasteiger partial charge in [-0.05, 0) is 42.3 Å². The van der Waals surface area contributed by atoms with Gasteiger partial charge in [-0.25, -0.2) is 4.79 Å². The average molecular weight is 469 g/mol. The van der Waals surface area contributed by atoms with E-state index < -0.39 is 18.0 Å². The average Bonchev–Trinajstić information content (AvgIpc) is 2.80. The Morgan fingerprint density at radius 1 is 1.00 bits per heavy atom. The number of halogens is 2. The van der Waals surface area contributed by atoms with E-state index in [1.54, 1.807) is 48.5 Å². The predicted molar refractivity (Wildman–Crippen MR) is 125 cm³/mol. The third-order valence-electron chi connectivity index (χ3n) is 4.81. The Morgan fingerprint density at radius 3 is 2.50 bits per heavy atom. The van der Waals surface area contributed by atoms with Crippen LogP contribution in [0.2, 0.25) is 10.0 Å². The maximum atomic E-state index is 13.3. The first kappa shape index (κ1) is 21.9. The van der Waals surface area contributed by atoms with Crippen LogP contribution in [0.1, 0.15) is 12.5 Å². The van der Waals surface area contributed by atoms with Crippen LogP contribution in [0.4, 0.5) is 0 Å². The fourth-order valence-electron chi connectivity index (χ4n) is 3.19. The van der Waals surface area contributed by atoms with Gasteiger partial charge in [-0.15, -0.1) is 0 Å². The van der Waals surface area contributed by atoms with E-state index in [0.29, 0.717) is 21.6 Å². The van der Waals surface area contributed by atoms with Gasteiger partial charge in [0.1, 0.15) is 11.3 Å². The minimum Gasteiger partial charge on any atom is -0.480 e. The maximum absolute atomic E-state index is 13.3. The zero-order chi connectivity index (χ0) is 22.7. The highest BCUT2D eigenvalue weighted by Gasteiger charge is 2.21. The molecule has 0 spiro atoms. The summed E-state index contributed by atoms with van der Waals surface area (Å²) in [6, 6.07) is 19.0. The third kappa shape index (κ3) is 4.64. The molecule has 4 aromatic rings. The molecule has 1 aromatic heterocycles. The van der Waals surface area contributed by atoms with Gasteiger partial charge in [-0.3, -0.25) is 4.79 Å². The molecule has 0 aliphatic rings. The van der Waals surface area contributed by atoms with Crippen molar-refractivity contribution in [2.45, 2.75) is 13.3 Å². The summed E-state index contributed by atoms with van der Waals surface area (Å²) in [5.41, 5.74) is 1.55. The van der Waals surface area contributed by atoms with E-state index >= 15 is 0 Å². The van der Waals surface area contributed by atoms with Gasteiger partial charge in [0.25, 0.3) is 0 Å². The van der Waals surface area contributed by atoms with Crippen molar-refractivity contribution in [3.63, 3.8) is 0 Å². The third-order valence-corrected chi connectivity index (χ3v) is 5.34. The molecule has 0 atom stereocenters. The number of carbonyl (C=O) groups is 1. The molecule has 1 heterocycles. The zero-order valence-electron chi connectivity index (χ0n) is 17.1. The summed E-state index contributed by atoms with van der Waals surface area (Å²) in [5.74, 6) is -0.515. The number of hydrogen-bond donors (Lipinski definition) is 0. The molecule has 5 nitrogen and oxygen atoms in total.